The smallest absolute Gasteiger partial charge is 0.178 e. The van der Waals surface area contributed by atoms with Gasteiger partial charge >= 0.3 is 0 Å². The lowest BCUT2D eigenvalue weighted by Crippen LogP contribution is -2.01. The molecule has 4 heteroatoms. The van der Waals surface area contributed by atoms with Crippen molar-refractivity contribution in [3.8, 4) is 17.6 Å². The summed E-state index contributed by atoms with van der Waals surface area (Å²) in [7, 11) is 1.48. The summed E-state index contributed by atoms with van der Waals surface area (Å²) in [5.74, 6) is 0.682. The van der Waals surface area contributed by atoms with E-state index in [-0.39, 0.29) is 5.78 Å². The fourth-order valence-corrected chi connectivity index (χ4v) is 1.33. The number of nitriles is 1. The van der Waals surface area contributed by atoms with Crippen molar-refractivity contribution in [2.24, 2.45) is 0 Å². The van der Waals surface area contributed by atoms with Gasteiger partial charge in [-0.25, -0.2) is 0 Å². The molecule has 1 rings (SSSR count). The number of methoxy groups -OCH3 is 1. The number of rotatable bonds is 4. The van der Waals surface area contributed by atoms with E-state index in [1.54, 1.807) is 6.07 Å². The zero-order chi connectivity index (χ0) is 12.1. The maximum Gasteiger partial charge on any atom is 0.178 e. The fourth-order valence-electron chi connectivity index (χ4n) is 1.33. The molecular formula is C12H13NO3. The Kier molecular flexibility index (Phi) is 3.90. The molecule has 0 aliphatic carbocycles. The highest BCUT2D eigenvalue weighted by Crippen LogP contribution is 2.32. The van der Waals surface area contributed by atoms with Crippen molar-refractivity contribution in [3.05, 3.63) is 23.3 Å². The van der Waals surface area contributed by atoms with Gasteiger partial charge in [-0.1, -0.05) is 0 Å². The molecule has 0 spiro atoms. The molecule has 0 aliphatic rings. The van der Waals surface area contributed by atoms with Crippen LogP contribution in [0.3, 0.4) is 0 Å². The van der Waals surface area contributed by atoms with Gasteiger partial charge in [-0.2, -0.15) is 5.26 Å². The van der Waals surface area contributed by atoms with E-state index in [9.17, 15) is 4.79 Å². The van der Waals surface area contributed by atoms with Crippen molar-refractivity contribution in [3.63, 3.8) is 0 Å². The number of benzene rings is 1. The second kappa shape index (κ2) is 5.17. The summed E-state index contributed by atoms with van der Waals surface area (Å²) in [5.41, 5.74) is 0.753. The largest absolute Gasteiger partial charge is 0.493 e. The number of Topliss-reactive ketones (excluding diaryl/α,β-unsaturated/α-hetero) is 1. The number of ether oxygens (including phenoxy) is 2. The molecule has 0 N–H and O–H groups in total. The van der Waals surface area contributed by atoms with Crippen LogP contribution < -0.4 is 9.47 Å². The first-order valence-corrected chi connectivity index (χ1v) is 4.89. The number of carbonyl (C=O) groups excluding carboxylic acids is 1. The van der Waals surface area contributed by atoms with Crippen LogP contribution >= 0.6 is 0 Å². The van der Waals surface area contributed by atoms with Crippen LogP contribution in [0.1, 0.15) is 29.8 Å². The molecule has 0 amide bonds. The van der Waals surface area contributed by atoms with E-state index in [0.717, 1.165) is 0 Å². The summed E-state index contributed by atoms with van der Waals surface area (Å²) in [5, 5.41) is 8.97. The molecule has 16 heavy (non-hydrogen) atoms. The third-order valence-electron chi connectivity index (χ3n) is 2.09. The van der Waals surface area contributed by atoms with Gasteiger partial charge in [0.25, 0.3) is 0 Å². The van der Waals surface area contributed by atoms with Crippen LogP contribution in [0.2, 0.25) is 0 Å². The van der Waals surface area contributed by atoms with Crippen LogP contribution in [0.25, 0.3) is 0 Å². The SMILES string of the molecule is CCOc1c(C#N)cc(C(C)=O)cc1OC. The van der Waals surface area contributed by atoms with Crippen LogP contribution in [0, 0.1) is 11.3 Å². The summed E-state index contributed by atoms with van der Waals surface area (Å²) in [6.07, 6.45) is 0. The predicted molar refractivity (Wildman–Crippen MR) is 58.9 cm³/mol. The molecular weight excluding hydrogens is 206 g/mol. The van der Waals surface area contributed by atoms with Gasteiger partial charge in [0, 0.05) is 5.56 Å². The zero-order valence-corrected chi connectivity index (χ0v) is 9.53. The van der Waals surface area contributed by atoms with Crippen LogP contribution in [0.4, 0.5) is 0 Å². The van der Waals surface area contributed by atoms with Gasteiger partial charge in [0.2, 0.25) is 0 Å². The Hall–Kier alpha value is -2.02. The molecule has 0 bridgehead atoms. The number of nitrogens with zero attached hydrogens (tertiary/aromatic N) is 1. The standard InChI is InChI=1S/C12H13NO3/c1-4-16-12-10(7-13)5-9(8(2)14)6-11(12)15-3/h5-6H,4H2,1-3H3. The van der Waals surface area contributed by atoms with Crippen LogP contribution in [-0.2, 0) is 0 Å². The molecule has 0 saturated carbocycles. The lowest BCUT2D eigenvalue weighted by molar-refractivity contribution is 0.101. The quantitative estimate of drug-likeness (QED) is 0.728. The number of hydrogen-bond acceptors (Lipinski definition) is 4. The van der Waals surface area contributed by atoms with E-state index in [0.29, 0.717) is 29.2 Å². The van der Waals surface area contributed by atoms with Crippen molar-refractivity contribution in [2.45, 2.75) is 13.8 Å². The van der Waals surface area contributed by atoms with Gasteiger partial charge in [0.05, 0.1) is 19.3 Å². The van der Waals surface area contributed by atoms with E-state index >= 15 is 0 Å². The Bertz CT molecular complexity index is 446. The Balaban J connectivity index is 3.38. The Morgan fingerprint density at radius 3 is 2.62 bits per heavy atom. The lowest BCUT2D eigenvalue weighted by Gasteiger charge is -2.11. The summed E-state index contributed by atoms with van der Waals surface area (Å²) in [6, 6.07) is 5.08. The van der Waals surface area contributed by atoms with Gasteiger partial charge in [-0.15, -0.1) is 0 Å². The second-order valence-corrected chi connectivity index (χ2v) is 3.16. The minimum absolute atomic E-state index is 0.113. The maximum atomic E-state index is 11.2. The average Bonchev–Trinajstić information content (AvgIpc) is 2.29. The van der Waals surface area contributed by atoms with E-state index < -0.39 is 0 Å². The molecule has 1 aromatic carbocycles. The number of ketones is 1. The van der Waals surface area contributed by atoms with Crippen molar-refractivity contribution in [1.82, 2.24) is 0 Å². The van der Waals surface area contributed by atoms with Crippen molar-refractivity contribution in [2.75, 3.05) is 13.7 Å². The molecule has 0 saturated heterocycles. The van der Waals surface area contributed by atoms with Gasteiger partial charge in [-0.05, 0) is 26.0 Å². The molecule has 0 radical (unpaired) electrons. The lowest BCUT2D eigenvalue weighted by atomic mass is 10.1. The average molecular weight is 219 g/mol. The topological polar surface area (TPSA) is 59.3 Å². The van der Waals surface area contributed by atoms with Crippen LogP contribution in [0.5, 0.6) is 11.5 Å². The maximum absolute atomic E-state index is 11.2. The fraction of sp³-hybridized carbons (Fsp3) is 0.333. The molecule has 0 unspecified atom stereocenters. The number of carbonyl (C=O) groups is 1. The predicted octanol–water partition coefficient (Wildman–Crippen LogP) is 2.17. The Morgan fingerprint density at radius 1 is 1.50 bits per heavy atom. The molecule has 0 aromatic heterocycles. The van der Waals surface area contributed by atoms with Gasteiger partial charge in [-0.3, -0.25) is 4.79 Å². The minimum atomic E-state index is -0.113. The van der Waals surface area contributed by atoms with Crippen molar-refractivity contribution in [1.29, 1.82) is 5.26 Å². The third kappa shape index (κ3) is 2.31. The molecule has 0 atom stereocenters. The Morgan fingerprint density at radius 2 is 2.19 bits per heavy atom. The van der Waals surface area contributed by atoms with E-state index in [2.05, 4.69) is 0 Å². The highest BCUT2D eigenvalue weighted by atomic mass is 16.5. The van der Waals surface area contributed by atoms with Crippen LogP contribution in [0.15, 0.2) is 12.1 Å². The van der Waals surface area contributed by atoms with E-state index in [1.165, 1.54) is 20.1 Å². The summed E-state index contributed by atoms with van der Waals surface area (Å²) in [4.78, 5) is 11.2. The minimum Gasteiger partial charge on any atom is -0.493 e. The normalized spacial score (nSPS) is 9.38. The highest BCUT2D eigenvalue weighted by Gasteiger charge is 2.14. The van der Waals surface area contributed by atoms with E-state index in [4.69, 9.17) is 14.7 Å². The van der Waals surface area contributed by atoms with Crippen LogP contribution in [-0.4, -0.2) is 19.5 Å². The molecule has 0 fully saturated rings. The monoisotopic (exact) mass is 219 g/mol. The molecule has 1 aromatic rings. The zero-order valence-electron chi connectivity index (χ0n) is 9.53. The first-order valence-electron chi connectivity index (χ1n) is 4.89. The van der Waals surface area contributed by atoms with Crippen molar-refractivity contribution < 1.29 is 14.3 Å². The first kappa shape index (κ1) is 12.1. The summed E-state index contributed by atoms with van der Waals surface area (Å²) >= 11 is 0. The molecule has 0 heterocycles. The third-order valence-corrected chi connectivity index (χ3v) is 2.09. The summed E-state index contributed by atoms with van der Waals surface area (Å²) < 4.78 is 10.4. The first-order chi connectivity index (χ1) is 7.63. The van der Waals surface area contributed by atoms with E-state index in [1.807, 2.05) is 13.0 Å². The molecule has 84 valence electrons. The summed E-state index contributed by atoms with van der Waals surface area (Å²) in [6.45, 7) is 3.69. The van der Waals surface area contributed by atoms with Gasteiger partial charge < -0.3 is 9.47 Å². The Labute approximate surface area is 94.4 Å². The second-order valence-electron chi connectivity index (χ2n) is 3.16. The molecule has 0 aliphatic heterocycles. The highest BCUT2D eigenvalue weighted by molar-refractivity contribution is 5.95. The van der Waals surface area contributed by atoms with Gasteiger partial charge in [0.15, 0.2) is 17.3 Å². The van der Waals surface area contributed by atoms with Gasteiger partial charge in [0.1, 0.15) is 6.07 Å². The number of hydrogen-bond donors (Lipinski definition) is 0. The van der Waals surface area contributed by atoms with Crippen molar-refractivity contribution >= 4 is 5.78 Å². The molecule has 4 nitrogen and oxygen atoms in total.